The molecule has 0 saturated carbocycles. The summed E-state index contributed by atoms with van der Waals surface area (Å²) in [5.74, 6) is -0.217. The topological polar surface area (TPSA) is 35.2 Å². The number of aryl methyl sites for hydroxylation is 1. The highest BCUT2D eigenvalue weighted by Gasteiger charge is 2.30. The minimum absolute atomic E-state index is 0.144. The number of ether oxygens (including phenoxy) is 1. The smallest absolute Gasteiger partial charge is 0.406 e. The zero-order valence-electron chi connectivity index (χ0n) is 11.5. The lowest BCUT2D eigenvalue weighted by Crippen LogP contribution is -2.17. The molecule has 0 aliphatic carbocycles. The highest BCUT2D eigenvalue weighted by molar-refractivity contribution is 7.10. The normalized spacial score (nSPS) is 13.2. The molecule has 21 heavy (non-hydrogen) atoms. The van der Waals surface area contributed by atoms with Gasteiger partial charge in [-0.3, -0.25) is 0 Å². The Kier molecular flexibility index (Phi) is 4.90. The van der Waals surface area contributed by atoms with E-state index in [9.17, 15) is 13.2 Å². The van der Waals surface area contributed by atoms with Crippen molar-refractivity contribution in [2.45, 2.75) is 32.2 Å². The third kappa shape index (κ3) is 4.47. The standard InChI is InChI=1S/C15H16F3NOS/c1-2-11-7-8-21-14(11)13(19)9-10-3-5-12(6-4-10)20-15(16,17)18/h3-8,13H,2,9,19H2,1H3. The number of halogens is 3. The maximum atomic E-state index is 12.1. The summed E-state index contributed by atoms with van der Waals surface area (Å²) in [6.45, 7) is 2.07. The van der Waals surface area contributed by atoms with Crippen molar-refractivity contribution in [3.8, 4) is 5.75 Å². The number of thiophene rings is 1. The van der Waals surface area contributed by atoms with Gasteiger partial charge in [0.15, 0.2) is 0 Å². The molecule has 1 atom stereocenters. The Labute approximate surface area is 125 Å². The van der Waals surface area contributed by atoms with Crippen molar-refractivity contribution in [3.05, 3.63) is 51.7 Å². The van der Waals surface area contributed by atoms with Gasteiger partial charge in [-0.15, -0.1) is 24.5 Å². The summed E-state index contributed by atoms with van der Waals surface area (Å²) >= 11 is 1.61. The quantitative estimate of drug-likeness (QED) is 0.884. The van der Waals surface area contributed by atoms with E-state index in [2.05, 4.69) is 17.7 Å². The summed E-state index contributed by atoms with van der Waals surface area (Å²) in [7, 11) is 0. The van der Waals surface area contributed by atoms with E-state index < -0.39 is 6.36 Å². The molecular formula is C15H16F3NOS. The lowest BCUT2D eigenvalue weighted by atomic mass is 10.0. The Balaban J connectivity index is 2.03. The van der Waals surface area contributed by atoms with Crippen LogP contribution in [0.25, 0.3) is 0 Å². The molecule has 2 N–H and O–H groups in total. The van der Waals surface area contributed by atoms with E-state index in [1.165, 1.54) is 17.7 Å². The van der Waals surface area contributed by atoms with E-state index in [4.69, 9.17) is 5.73 Å². The van der Waals surface area contributed by atoms with E-state index >= 15 is 0 Å². The second-order valence-corrected chi connectivity index (χ2v) is 5.61. The summed E-state index contributed by atoms with van der Waals surface area (Å²) in [6.07, 6.45) is -3.16. The van der Waals surface area contributed by atoms with Gasteiger partial charge in [-0.1, -0.05) is 19.1 Å². The molecule has 114 valence electrons. The van der Waals surface area contributed by atoms with Gasteiger partial charge in [0.25, 0.3) is 0 Å². The number of hydrogen-bond donors (Lipinski definition) is 1. The molecule has 2 nitrogen and oxygen atoms in total. The monoisotopic (exact) mass is 315 g/mol. The molecule has 6 heteroatoms. The molecule has 0 amide bonds. The van der Waals surface area contributed by atoms with E-state index in [0.29, 0.717) is 6.42 Å². The van der Waals surface area contributed by atoms with Crippen LogP contribution in [0, 0.1) is 0 Å². The van der Waals surface area contributed by atoms with Gasteiger partial charge >= 0.3 is 6.36 Å². The van der Waals surface area contributed by atoms with Crippen LogP contribution in [0.2, 0.25) is 0 Å². The van der Waals surface area contributed by atoms with Gasteiger partial charge in [0.05, 0.1) is 0 Å². The number of rotatable bonds is 5. The van der Waals surface area contributed by atoms with Gasteiger partial charge in [0.1, 0.15) is 5.75 Å². The van der Waals surface area contributed by atoms with Gasteiger partial charge in [0, 0.05) is 10.9 Å². The first kappa shape index (κ1) is 15.9. The van der Waals surface area contributed by atoms with Crippen LogP contribution in [0.15, 0.2) is 35.7 Å². The fraction of sp³-hybridized carbons (Fsp3) is 0.333. The average Bonchev–Trinajstić information content (AvgIpc) is 2.87. The first-order chi connectivity index (χ1) is 9.89. The lowest BCUT2D eigenvalue weighted by molar-refractivity contribution is -0.274. The van der Waals surface area contributed by atoms with Crippen molar-refractivity contribution < 1.29 is 17.9 Å². The van der Waals surface area contributed by atoms with E-state index in [1.54, 1.807) is 23.5 Å². The largest absolute Gasteiger partial charge is 0.573 e. The maximum Gasteiger partial charge on any atom is 0.573 e. The van der Waals surface area contributed by atoms with Crippen molar-refractivity contribution in [2.75, 3.05) is 0 Å². The Morgan fingerprint density at radius 3 is 2.43 bits per heavy atom. The van der Waals surface area contributed by atoms with E-state index in [-0.39, 0.29) is 11.8 Å². The number of benzene rings is 1. The van der Waals surface area contributed by atoms with Crippen molar-refractivity contribution in [1.29, 1.82) is 0 Å². The fourth-order valence-electron chi connectivity index (χ4n) is 2.14. The molecule has 0 fully saturated rings. The minimum atomic E-state index is -4.66. The van der Waals surface area contributed by atoms with Gasteiger partial charge < -0.3 is 10.5 Å². The van der Waals surface area contributed by atoms with E-state index in [0.717, 1.165) is 16.9 Å². The number of alkyl halides is 3. The predicted molar refractivity (Wildman–Crippen MR) is 77.5 cm³/mol. The van der Waals surface area contributed by atoms with Crippen LogP contribution < -0.4 is 10.5 Å². The molecule has 0 aliphatic heterocycles. The molecule has 0 aliphatic rings. The highest BCUT2D eigenvalue weighted by Crippen LogP contribution is 2.27. The second kappa shape index (κ2) is 6.49. The molecule has 1 heterocycles. The Bertz CT molecular complexity index is 577. The molecule has 1 aromatic heterocycles. The Morgan fingerprint density at radius 2 is 1.86 bits per heavy atom. The van der Waals surface area contributed by atoms with Crippen LogP contribution >= 0.6 is 11.3 Å². The molecule has 0 radical (unpaired) electrons. The van der Waals surface area contributed by atoms with Crippen molar-refractivity contribution >= 4 is 11.3 Å². The molecule has 1 unspecified atom stereocenters. The van der Waals surface area contributed by atoms with Gasteiger partial charge in [-0.2, -0.15) is 0 Å². The summed E-state index contributed by atoms with van der Waals surface area (Å²) < 4.78 is 40.1. The summed E-state index contributed by atoms with van der Waals surface area (Å²) in [5.41, 5.74) is 8.30. The van der Waals surface area contributed by atoms with Gasteiger partial charge in [0.2, 0.25) is 0 Å². The number of hydrogen-bond acceptors (Lipinski definition) is 3. The molecule has 2 aromatic rings. The zero-order chi connectivity index (χ0) is 15.5. The van der Waals surface area contributed by atoms with Crippen LogP contribution in [-0.4, -0.2) is 6.36 Å². The van der Waals surface area contributed by atoms with Crippen LogP contribution in [0.4, 0.5) is 13.2 Å². The Hall–Kier alpha value is -1.53. The highest BCUT2D eigenvalue weighted by atomic mass is 32.1. The van der Waals surface area contributed by atoms with Crippen molar-refractivity contribution in [3.63, 3.8) is 0 Å². The molecule has 0 saturated heterocycles. The fourth-order valence-corrected chi connectivity index (χ4v) is 3.14. The van der Waals surface area contributed by atoms with Gasteiger partial charge in [-0.05, 0) is 47.5 Å². The number of nitrogens with two attached hydrogens (primary N) is 1. The Morgan fingerprint density at radius 1 is 1.19 bits per heavy atom. The lowest BCUT2D eigenvalue weighted by Gasteiger charge is -2.13. The summed E-state index contributed by atoms with van der Waals surface area (Å²) in [4.78, 5) is 1.13. The maximum absolute atomic E-state index is 12.1. The molecular weight excluding hydrogens is 299 g/mol. The zero-order valence-corrected chi connectivity index (χ0v) is 12.3. The minimum Gasteiger partial charge on any atom is -0.406 e. The van der Waals surface area contributed by atoms with Crippen LogP contribution in [-0.2, 0) is 12.8 Å². The van der Waals surface area contributed by atoms with Gasteiger partial charge in [-0.25, -0.2) is 0 Å². The van der Waals surface area contributed by atoms with Crippen molar-refractivity contribution in [2.24, 2.45) is 5.73 Å². The first-order valence-corrected chi connectivity index (χ1v) is 7.43. The second-order valence-electron chi connectivity index (χ2n) is 4.67. The molecule has 2 rings (SSSR count). The summed E-state index contributed by atoms with van der Waals surface area (Å²) in [6, 6.07) is 7.75. The van der Waals surface area contributed by atoms with Crippen molar-refractivity contribution in [1.82, 2.24) is 0 Å². The van der Waals surface area contributed by atoms with Crippen LogP contribution in [0.5, 0.6) is 5.75 Å². The third-order valence-electron chi connectivity index (χ3n) is 3.11. The molecule has 1 aromatic carbocycles. The van der Waals surface area contributed by atoms with E-state index in [1.807, 2.05) is 5.38 Å². The molecule has 0 bridgehead atoms. The predicted octanol–water partition coefficient (Wildman–Crippen LogP) is 4.45. The average molecular weight is 315 g/mol. The SMILES string of the molecule is CCc1ccsc1C(N)Cc1ccc(OC(F)(F)F)cc1. The molecule has 0 spiro atoms. The third-order valence-corrected chi connectivity index (χ3v) is 4.20. The first-order valence-electron chi connectivity index (χ1n) is 6.55. The summed E-state index contributed by atoms with van der Waals surface area (Å²) in [5, 5.41) is 2.01. The van der Waals surface area contributed by atoms with Crippen LogP contribution in [0.3, 0.4) is 0 Å². The van der Waals surface area contributed by atoms with Crippen LogP contribution in [0.1, 0.15) is 29.0 Å².